The van der Waals surface area contributed by atoms with Gasteiger partial charge >= 0.3 is 0 Å². The average Bonchev–Trinajstić information content (AvgIpc) is 2.92. The topological polar surface area (TPSA) is 115 Å². The number of nitrogens with zero attached hydrogens (tertiary/aromatic N) is 3. The standard InChI is InChI=1S/C27H38N4O5S/c1-37(35)26-15-24(7-8-25(26)33)36-19-23(32)17-29-21-9-13-30(14-10-21)18-22-6-5-20(16-28-22)27(34)31-11-3-2-4-12-31/h5-8,15-16,21,23,29,32-33H,2-4,9-14,17-19H2,1H3. The third-order valence-corrected chi connectivity index (χ3v) is 7.96. The smallest absolute Gasteiger partial charge is 0.255 e. The van der Waals surface area contributed by atoms with Crippen molar-refractivity contribution in [1.82, 2.24) is 20.1 Å². The molecule has 3 N–H and O–H groups in total. The van der Waals surface area contributed by atoms with E-state index in [0.29, 0.717) is 28.8 Å². The number of aliphatic hydroxyl groups excluding tert-OH is 1. The van der Waals surface area contributed by atoms with Crippen LogP contribution < -0.4 is 10.1 Å². The van der Waals surface area contributed by atoms with Gasteiger partial charge in [0.25, 0.3) is 5.91 Å². The van der Waals surface area contributed by atoms with Crippen LogP contribution in [0.1, 0.15) is 48.2 Å². The van der Waals surface area contributed by atoms with E-state index in [1.54, 1.807) is 12.3 Å². The summed E-state index contributed by atoms with van der Waals surface area (Å²) in [6.45, 7) is 4.84. The van der Waals surface area contributed by atoms with E-state index in [1.807, 2.05) is 17.0 Å². The van der Waals surface area contributed by atoms with Gasteiger partial charge in [-0.2, -0.15) is 0 Å². The maximum atomic E-state index is 12.6. The molecule has 1 aromatic heterocycles. The predicted octanol–water partition coefficient (Wildman–Crippen LogP) is 2.14. The number of rotatable bonds is 10. The summed E-state index contributed by atoms with van der Waals surface area (Å²) >= 11 is 0. The van der Waals surface area contributed by atoms with Crippen LogP contribution in [0.4, 0.5) is 0 Å². The number of carbonyl (C=O) groups is 1. The van der Waals surface area contributed by atoms with E-state index in [1.165, 1.54) is 24.8 Å². The van der Waals surface area contributed by atoms with Crippen LogP contribution in [0.2, 0.25) is 0 Å². The zero-order valence-corrected chi connectivity index (χ0v) is 22.3. The fourth-order valence-corrected chi connectivity index (χ4v) is 5.46. The molecular weight excluding hydrogens is 492 g/mol. The molecule has 37 heavy (non-hydrogen) atoms. The second-order valence-corrected chi connectivity index (χ2v) is 11.2. The molecule has 1 amide bonds. The quantitative estimate of drug-likeness (QED) is 0.428. The summed E-state index contributed by atoms with van der Waals surface area (Å²) in [4.78, 5) is 21.8. The molecular formula is C27H38N4O5S. The van der Waals surface area contributed by atoms with Crippen LogP contribution in [-0.2, 0) is 17.3 Å². The molecule has 0 spiro atoms. The molecule has 2 aliphatic heterocycles. The third-order valence-electron chi connectivity index (χ3n) is 7.01. The minimum atomic E-state index is -1.32. The number of hydrogen-bond donors (Lipinski definition) is 3. The first kappa shape index (κ1) is 27.5. The Hall–Kier alpha value is -2.53. The molecule has 2 saturated heterocycles. The van der Waals surface area contributed by atoms with Crippen molar-refractivity contribution in [3.8, 4) is 11.5 Å². The molecule has 0 aliphatic carbocycles. The summed E-state index contributed by atoms with van der Waals surface area (Å²) in [5.74, 6) is 0.522. The average molecular weight is 531 g/mol. The summed E-state index contributed by atoms with van der Waals surface area (Å²) in [7, 11) is -1.32. The van der Waals surface area contributed by atoms with Crippen LogP contribution in [0.5, 0.6) is 11.5 Å². The zero-order valence-electron chi connectivity index (χ0n) is 21.5. The first-order valence-corrected chi connectivity index (χ1v) is 14.6. The highest BCUT2D eigenvalue weighted by Gasteiger charge is 2.21. The van der Waals surface area contributed by atoms with Crippen LogP contribution >= 0.6 is 0 Å². The Balaban J connectivity index is 1.14. The van der Waals surface area contributed by atoms with Gasteiger partial charge in [0, 0.05) is 57.8 Å². The van der Waals surface area contributed by atoms with E-state index in [0.717, 1.165) is 64.1 Å². The summed E-state index contributed by atoms with van der Waals surface area (Å²) in [5, 5.41) is 23.5. The van der Waals surface area contributed by atoms with E-state index in [2.05, 4.69) is 15.2 Å². The molecule has 0 bridgehead atoms. The Labute approximate surface area is 221 Å². The van der Waals surface area contributed by atoms with Crippen molar-refractivity contribution in [3.63, 3.8) is 0 Å². The van der Waals surface area contributed by atoms with Crippen molar-refractivity contribution in [1.29, 1.82) is 0 Å². The first-order valence-electron chi connectivity index (χ1n) is 13.1. The minimum Gasteiger partial charge on any atom is -0.507 e. The Morgan fingerprint density at radius 1 is 1.16 bits per heavy atom. The number of likely N-dealkylation sites (tertiary alicyclic amines) is 2. The van der Waals surface area contributed by atoms with E-state index in [4.69, 9.17) is 4.74 Å². The lowest BCUT2D eigenvalue weighted by Gasteiger charge is -2.32. The second kappa shape index (κ2) is 13.3. The number of nitrogens with one attached hydrogen (secondary N) is 1. The number of aromatic nitrogens is 1. The lowest BCUT2D eigenvalue weighted by molar-refractivity contribution is 0.0724. The predicted molar refractivity (Wildman–Crippen MR) is 142 cm³/mol. The van der Waals surface area contributed by atoms with Crippen molar-refractivity contribution in [3.05, 3.63) is 47.8 Å². The minimum absolute atomic E-state index is 0.0301. The zero-order chi connectivity index (χ0) is 26.2. The van der Waals surface area contributed by atoms with Crippen LogP contribution in [-0.4, -0.2) is 92.8 Å². The van der Waals surface area contributed by atoms with Crippen LogP contribution in [0.25, 0.3) is 0 Å². The fourth-order valence-electron chi connectivity index (χ4n) is 4.82. The number of carbonyl (C=O) groups excluding carboxylic acids is 1. The summed E-state index contributed by atoms with van der Waals surface area (Å²) in [6, 6.07) is 8.77. The molecule has 9 nitrogen and oxygen atoms in total. The Bertz CT molecular complexity index is 1050. The van der Waals surface area contributed by atoms with Gasteiger partial charge in [0.1, 0.15) is 24.2 Å². The van der Waals surface area contributed by atoms with Gasteiger partial charge in [-0.05, 0) is 62.4 Å². The van der Waals surface area contributed by atoms with Crippen molar-refractivity contribution < 1.29 is 24.0 Å². The van der Waals surface area contributed by atoms with Crippen LogP contribution in [0.3, 0.4) is 0 Å². The molecule has 10 heteroatoms. The van der Waals surface area contributed by atoms with Crippen molar-refractivity contribution in [2.24, 2.45) is 0 Å². The number of phenolic OH excluding ortho intramolecular Hbond substituents is 1. The van der Waals surface area contributed by atoms with Gasteiger partial charge < -0.3 is 25.2 Å². The molecule has 0 radical (unpaired) electrons. The highest BCUT2D eigenvalue weighted by molar-refractivity contribution is 7.84. The second-order valence-electron chi connectivity index (χ2n) is 9.90. The molecule has 1 aromatic carbocycles. The molecule has 3 heterocycles. The first-order chi connectivity index (χ1) is 17.9. The van der Waals surface area contributed by atoms with E-state index < -0.39 is 16.9 Å². The number of amides is 1. The number of aromatic hydroxyl groups is 1. The van der Waals surface area contributed by atoms with Gasteiger partial charge in [-0.1, -0.05) is 0 Å². The normalized spacial score (nSPS) is 18.9. The van der Waals surface area contributed by atoms with E-state index >= 15 is 0 Å². The molecule has 4 rings (SSSR count). The summed E-state index contributed by atoms with van der Waals surface area (Å²) in [5.41, 5.74) is 1.64. The van der Waals surface area contributed by atoms with E-state index in [-0.39, 0.29) is 18.3 Å². The fraction of sp³-hybridized carbons (Fsp3) is 0.556. The van der Waals surface area contributed by atoms with Gasteiger partial charge in [0.2, 0.25) is 0 Å². The summed E-state index contributed by atoms with van der Waals surface area (Å²) < 4.78 is 17.3. The number of aliphatic hydroxyl groups is 1. The van der Waals surface area contributed by atoms with Gasteiger partial charge in [-0.15, -0.1) is 0 Å². The van der Waals surface area contributed by atoms with E-state index in [9.17, 15) is 19.2 Å². The SMILES string of the molecule is CS(=O)c1cc(OCC(O)CNC2CCN(Cc3ccc(C(=O)N4CCCCC4)cn3)CC2)ccc1O. The van der Waals surface area contributed by atoms with Gasteiger partial charge in [0.15, 0.2) is 0 Å². The number of benzene rings is 1. The van der Waals surface area contributed by atoms with Crippen molar-refractivity contribution >= 4 is 16.7 Å². The van der Waals surface area contributed by atoms with Gasteiger partial charge in [-0.3, -0.25) is 18.9 Å². The molecule has 2 atom stereocenters. The molecule has 2 aliphatic rings. The lowest BCUT2D eigenvalue weighted by Crippen LogP contribution is -2.45. The van der Waals surface area contributed by atoms with Crippen molar-refractivity contribution in [2.75, 3.05) is 45.6 Å². The molecule has 2 unspecified atom stereocenters. The van der Waals surface area contributed by atoms with Crippen LogP contribution in [0.15, 0.2) is 41.4 Å². The Morgan fingerprint density at radius 3 is 2.59 bits per heavy atom. The monoisotopic (exact) mass is 530 g/mol. The largest absolute Gasteiger partial charge is 0.507 e. The molecule has 2 aromatic rings. The third kappa shape index (κ3) is 7.98. The lowest BCUT2D eigenvalue weighted by atomic mass is 10.0. The number of phenols is 1. The Kier molecular flexibility index (Phi) is 9.90. The number of piperidine rings is 2. The maximum Gasteiger partial charge on any atom is 0.255 e. The van der Waals surface area contributed by atoms with Gasteiger partial charge in [0.05, 0.1) is 27.0 Å². The highest BCUT2D eigenvalue weighted by Crippen LogP contribution is 2.25. The number of pyridine rings is 1. The number of hydrogen-bond acceptors (Lipinski definition) is 8. The summed E-state index contributed by atoms with van der Waals surface area (Å²) in [6.07, 6.45) is 7.84. The highest BCUT2D eigenvalue weighted by atomic mass is 32.2. The maximum absolute atomic E-state index is 12.6. The van der Waals surface area contributed by atoms with Crippen LogP contribution in [0, 0.1) is 0 Å². The number of ether oxygens (including phenoxy) is 1. The molecule has 0 saturated carbocycles. The molecule has 202 valence electrons. The van der Waals surface area contributed by atoms with Crippen molar-refractivity contribution in [2.45, 2.75) is 55.7 Å². The van der Waals surface area contributed by atoms with Gasteiger partial charge in [-0.25, -0.2) is 0 Å². The molecule has 2 fully saturated rings. The Morgan fingerprint density at radius 2 is 1.92 bits per heavy atom.